The quantitative estimate of drug-likeness (QED) is 0.822. The Morgan fingerprint density at radius 2 is 1.95 bits per heavy atom. The van der Waals surface area contributed by atoms with Crippen molar-refractivity contribution in [2.75, 3.05) is 42.3 Å². The molecule has 0 aromatic carbocycles. The lowest BCUT2D eigenvalue weighted by molar-refractivity contribution is 0.122. The number of nitrogens with two attached hydrogens (primary N) is 1. The van der Waals surface area contributed by atoms with Crippen molar-refractivity contribution in [1.29, 1.82) is 0 Å². The van der Waals surface area contributed by atoms with E-state index in [-0.39, 0.29) is 5.95 Å². The average molecular weight is 294 g/mol. The Labute approximate surface area is 126 Å². The van der Waals surface area contributed by atoms with Crippen LogP contribution in [0, 0.1) is 5.92 Å². The van der Waals surface area contributed by atoms with Crippen LogP contribution in [0.4, 0.5) is 17.8 Å². The van der Waals surface area contributed by atoms with E-state index < -0.39 is 0 Å². The second kappa shape index (κ2) is 7.40. The summed E-state index contributed by atoms with van der Waals surface area (Å²) in [6.07, 6.45) is 2.25. The van der Waals surface area contributed by atoms with Gasteiger partial charge in [0.05, 0.1) is 13.2 Å². The normalized spacial score (nSPS) is 18.3. The fraction of sp³-hybridized carbons (Fsp3) is 0.786. The summed E-state index contributed by atoms with van der Waals surface area (Å²) in [6, 6.07) is 0.305. The molecule has 7 nitrogen and oxygen atoms in total. The summed E-state index contributed by atoms with van der Waals surface area (Å²) < 4.78 is 5.34. The maximum absolute atomic E-state index is 5.81. The Hall–Kier alpha value is -1.63. The van der Waals surface area contributed by atoms with Crippen LogP contribution in [0.15, 0.2) is 0 Å². The molecule has 2 atom stereocenters. The SMILES string of the molecule is CCC(C)CC(C)Nc1nc(N)nc(N2CCOCC2)n1. The zero-order chi connectivity index (χ0) is 15.2. The van der Waals surface area contributed by atoms with Gasteiger partial charge in [-0.25, -0.2) is 0 Å². The van der Waals surface area contributed by atoms with Gasteiger partial charge in [0.1, 0.15) is 0 Å². The number of hydrogen-bond acceptors (Lipinski definition) is 7. The predicted octanol–water partition coefficient (Wildman–Crippen LogP) is 1.53. The molecule has 7 heteroatoms. The number of rotatable bonds is 6. The highest BCUT2D eigenvalue weighted by Crippen LogP contribution is 2.16. The van der Waals surface area contributed by atoms with Crippen molar-refractivity contribution in [1.82, 2.24) is 15.0 Å². The smallest absolute Gasteiger partial charge is 0.232 e. The molecular formula is C14H26N6O. The van der Waals surface area contributed by atoms with Gasteiger partial charge < -0.3 is 20.7 Å². The molecule has 2 unspecified atom stereocenters. The number of aromatic nitrogens is 3. The number of nitrogens with zero attached hydrogens (tertiary/aromatic N) is 4. The molecule has 0 bridgehead atoms. The first-order valence-electron chi connectivity index (χ1n) is 7.69. The van der Waals surface area contributed by atoms with Gasteiger partial charge in [0.15, 0.2) is 0 Å². The van der Waals surface area contributed by atoms with Crippen molar-refractivity contribution in [2.45, 2.75) is 39.7 Å². The molecule has 0 spiro atoms. The van der Waals surface area contributed by atoms with E-state index in [1.54, 1.807) is 0 Å². The minimum atomic E-state index is 0.254. The second-order valence-corrected chi connectivity index (χ2v) is 5.71. The first-order chi connectivity index (χ1) is 10.1. The summed E-state index contributed by atoms with van der Waals surface area (Å²) in [6.45, 7) is 9.54. The summed E-state index contributed by atoms with van der Waals surface area (Å²) in [5.41, 5.74) is 5.81. The maximum atomic E-state index is 5.81. The second-order valence-electron chi connectivity index (χ2n) is 5.71. The summed E-state index contributed by atoms with van der Waals surface area (Å²) in [7, 11) is 0. The van der Waals surface area contributed by atoms with E-state index in [9.17, 15) is 0 Å². The fourth-order valence-electron chi connectivity index (χ4n) is 2.40. The summed E-state index contributed by atoms with van der Waals surface area (Å²) in [5, 5.41) is 3.33. The molecular weight excluding hydrogens is 268 g/mol. The van der Waals surface area contributed by atoms with Gasteiger partial charge in [-0.3, -0.25) is 0 Å². The molecule has 1 aliphatic rings. The Bertz CT molecular complexity index is 449. The van der Waals surface area contributed by atoms with Crippen LogP contribution < -0.4 is 16.0 Å². The van der Waals surface area contributed by atoms with E-state index in [0.29, 0.717) is 37.1 Å². The van der Waals surface area contributed by atoms with Crippen LogP contribution in [0.25, 0.3) is 0 Å². The topological polar surface area (TPSA) is 89.2 Å². The van der Waals surface area contributed by atoms with Gasteiger partial charge in [-0.15, -0.1) is 0 Å². The van der Waals surface area contributed by atoms with Gasteiger partial charge >= 0.3 is 0 Å². The van der Waals surface area contributed by atoms with E-state index in [1.807, 2.05) is 0 Å². The van der Waals surface area contributed by atoms with Gasteiger partial charge in [0, 0.05) is 19.1 Å². The van der Waals surface area contributed by atoms with Crippen LogP contribution in [-0.2, 0) is 4.74 Å². The van der Waals surface area contributed by atoms with Crippen LogP contribution >= 0.6 is 0 Å². The van der Waals surface area contributed by atoms with Crippen molar-refractivity contribution in [3.63, 3.8) is 0 Å². The number of ether oxygens (including phenoxy) is 1. The lowest BCUT2D eigenvalue weighted by Crippen LogP contribution is -2.37. The zero-order valence-electron chi connectivity index (χ0n) is 13.2. The number of morpholine rings is 1. The van der Waals surface area contributed by atoms with Gasteiger partial charge in [-0.1, -0.05) is 20.3 Å². The highest BCUT2D eigenvalue weighted by Gasteiger charge is 2.16. The third-order valence-corrected chi connectivity index (χ3v) is 3.76. The van der Waals surface area contributed by atoms with Crippen LogP contribution in [0.2, 0.25) is 0 Å². The number of nitrogens with one attached hydrogen (secondary N) is 1. The molecule has 2 heterocycles. The molecule has 1 saturated heterocycles. The number of nitrogen functional groups attached to an aromatic ring is 1. The molecule has 1 fully saturated rings. The molecule has 0 radical (unpaired) electrons. The molecule has 118 valence electrons. The Morgan fingerprint density at radius 3 is 2.62 bits per heavy atom. The van der Waals surface area contributed by atoms with E-state index >= 15 is 0 Å². The number of anilines is 3. The Balaban J connectivity index is 2.04. The van der Waals surface area contributed by atoms with Crippen LogP contribution in [0.5, 0.6) is 0 Å². The molecule has 21 heavy (non-hydrogen) atoms. The molecule has 1 aliphatic heterocycles. The van der Waals surface area contributed by atoms with E-state index in [1.165, 1.54) is 6.42 Å². The molecule has 0 aliphatic carbocycles. The van der Waals surface area contributed by atoms with Crippen molar-refractivity contribution in [3.05, 3.63) is 0 Å². The van der Waals surface area contributed by atoms with Crippen molar-refractivity contribution >= 4 is 17.8 Å². The lowest BCUT2D eigenvalue weighted by Gasteiger charge is -2.27. The van der Waals surface area contributed by atoms with Crippen molar-refractivity contribution in [2.24, 2.45) is 5.92 Å². The van der Waals surface area contributed by atoms with Gasteiger partial charge in [0.25, 0.3) is 0 Å². The lowest BCUT2D eigenvalue weighted by atomic mass is 10.0. The monoisotopic (exact) mass is 294 g/mol. The number of hydrogen-bond donors (Lipinski definition) is 2. The van der Waals surface area contributed by atoms with Crippen molar-refractivity contribution in [3.8, 4) is 0 Å². The van der Waals surface area contributed by atoms with Crippen LogP contribution in [0.3, 0.4) is 0 Å². The summed E-state index contributed by atoms with van der Waals surface area (Å²) >= 11 is 0. The molecule has 0 saturated carbocycles. The average Bonchev–Trinajstić information content (AvgIpc) is 2.47. The predicted molar refractivity (Wildman–Crippen MR) is 84.4 cm³/mol. The van der Waals surface area contributed by atoms with E-state index in [4.69, 9.17) is 10.5 Å². The standard InChI is InChI=1S/C14H26N6O/c1-4-10(2)9-11(3)16-13-17-12(15)18-14(19-13)20-5-7-21-8-6-20/h10-11H,4-9H2,1-3H3,(H3,15,16,17,18,19). The van der Waals surface area contributed by atoms with Crippen molar-refractivity contribution < 1.29 is 4.74 Å². The highest BCUT2D eigenvalue weighted by molar-refractivity contribution is 5.42. The van der Waals surface area contributed by atoms with E-state index in [2.05, 4.69) is 45.9 Å². The van der Waals surface area contributed by atoms with Crippen LogP contribution in [-0.4, -0.2) is 47.3 Å². The third kappa shape index (κ3) is 4.70. The zero-order valence-corrected chi connectivity index (χ0v) is 13.2. The summed E-state index contributed by atoms with van der Waals surface area (Å²) in [5.74, 6) is 2.11. The minimum absolute atomic E-state index is 0.254. The van der Waals surface area contributed by atoms with Gasteiger partial charge in [-0.05, 0) is 19.3 Å². The first kappa shape index (κ1) is 15.8. The summed E-state index contributed by atoms with van der Waals surface area (Å²) in [4.78, 5) is 15.0. The molecule has 3 N–H and O–H groups in total. The fourth-order valence-corrected chi connectivity index (χ4v) is 2.40. The van der Waals surface area contributed by atoms with Gasteiger partial charge in [-0.2, -0.15) is 15.0 Å². The third-order valence-electron chi connectivity index (χ3n) is 3.76. The maximum Gasteiger partial charge on any atom is 0.232 e. The minimum Gasteiger partial charge on any atom is -0.378 e. The highest BCUT2D eigenvalue weighted by atomic mass is 16.5. The van der Waals surface area contributed by atoms with E-state index in [0.717, 1.165) is 19.5 Å². The molecule has 2 rings (SSSR count). The Kier molecular flexibility index (Phi) is 5.55. The first-order valence-corrected chi connectivity index (χ1v) is 7.69. The van der Waals surface area contributed by atoms with Gasteiger partial charge in [0.2, 0.25) is 17.8 Å². The Morgan fingerprint density at radius 1 is 1.24 bits per heavy atom. The molecule has 0 amide bonds. The molecule has 1 aromatic rings. The van der Waals surface area contributed by atoms with Crippen LogP contribution in [0.1, 0.15) is 33.6 Å². The molecule has 1 aromatic heterocycles. The largest absolute Gasteiger partial charge is 0.378 e.